The molecular weight excluding hydrogens is 608 g/mol. The molecule has 4 heterocycles. The molecule has 1 aromatic carbocycles. The number of pyridine rings is 1. The Morgan fingerprint density at radius 1 is 1.11 bits per heavy atom. The lowest BCUT2D eigenvalue weighted by Crippen LogP contribution is -2.55. The number of alkyl carbamates (subject to hydrolysis) is 1. The number of hydrogen-bond acceptors (Lipinski definition) is 9. The molecule has 3 aliphatic rings. The highest BCUT2D eigenvalue weighted by Gasteiger charge is 2.43. The third kappa shape index (κ3) is 8.50. The molecule has 248 valence electrons. The topological polar surface area (TPSA) is 137 Å². The van der Waals surface area contributed by atoms with Crippen LogP contribution in [0.5, 0.6) is 5.88 Å². The zero-order valence-corrected chi connectivity index (χ0v) is 28.1. The second kappa shape index (κ2) is 14.7. The fourth-order valence-corrected chi connectivity index (χ4v) is 6.38. The minimum atomic E-state index is -1.31. The average molecular weight is 653 g/mol. The normalized spacial score (nSPS) is 19.7. The number of aromatic nitrogens is 1. The largest absolute Gasteiger partial charge is 0.474 e. The van der Waals surface area contributed by atoms with Gasteiger partial charge in [-0.2, -0.15) is 0 Å². The lowest BCUT2D eigenvalue weighted by Gasteiger charge is -2.35. The number of rotatable bonds is 12. The Bertz CT molecular complexity index is 1420. The number of benzene rings is 1. The van der Waals surface area contributed by atoms with Crippen LogP contribution in [0, 0.1) is 0 Å². The van der Waals surface area contributed by atoms with Gasteiger partial charge in [-0.3, -0.25) is 19.3 Å². The molecule has 0 saturated carbocycles. The van der Waals surface area contributed by atoms with Crippen LogP contribution in [0.25, 0.3) is 0 Å². The Hall–Kier alpha value is -3.81. The predicted octanol–water partition coefficient (Wildman–Crippen LogP) is 4.41. The van der Waals surface area contributed by atoms with E-state index in [0.29, 0.717) is 31.3 Å². The Labute approximate surface area is 270 Å². The zero-order chi connectivity index (χ0) is 32.8. The quantitative estimate of drug-likeness (QED) is 0.201. The maximum atomic E-state index is 13.5. The molecule has 2 saturated heterocycles. The molecular formula is C33H44N4O8Si. The molecule has 2 fully saturated rings. The van der Waals surface area contributed by atoms with Gasteiger partial charge < -0.3 is 29.2 Å². The van der Waals surface area contributed by atoms with Crippen molar-refractivity contribution in [2.45, 2.75) is 89.6 Å². The highest BCUT2D eigenvalue weighted by atomic mass is 28.3. The van der Waals surface area contributed by atoms with Crippen molar-refractivity contribution >= 4 is 31.9 Å². The summed E-state index contributed by atoms with van der Waals surface area (Å²) in [7, 11) is -1.31. The van der Waals surface area contributed by atoms with E-state index in [-0.39, 0.29) is 50.6 Å². The Morgan fingerprint density at radius 2 is 1.89 bits per heavy atom. The van der Waals surface area contributed by atoms with Gasteiger partial charge in [0.2, 0.25) is 11.8 Å². The Morgan fingerprint density at radius 3 is 2.61 bits per heavy atom. The van der Waals surface area contributed by atoms with Gasteiger partial charge in [-0.25, -0.2) is 9.78 Å². The van der Waals surface area contributed by atoms with Crippen LogP contribution in [0.4, 0.5) is 4.79 Å². The number of imide groups is 1. The number of amides is 4. The van der Waals surface area contributed by atoms with Gasteiger partial charge in [0, 0.05) is 63.9 Å². The van der Waals surface area contributed by atoms with Gasteiger partial charge in [-0.1, -0.05) is 31.8 Å². The van der Waals surface area contributed by atoms with E-state index in [1.807, 2.05) is 18.2 Å². The molecule has 0 radical (unpaired) electrons. The lowest BCUT2D eigenvalue weighted by molar-refractivity contribution is -0.158. The molecule has 13 heteroatoms. The number of likely N-dealkylation sites (tertiary alicyclic amines) is 1. The highest BCUT2D eigenvalue weighted by Crippen LogP contribution is 2.31. The van der Waals surface area contributed by atoms with Gasteiger partial charge >= 0.3 is 6.09 Å². The summed E-state index contributed by atoms with van der Waals surface area (Å²) in [4.78, 5) is 59.0. The van der Waals surface area contributed by atoms with Crippen LogP contribution in [0.2, 0.25) is 25.7 Å². The second-order valence-corrected chi connectivity index (χ2v) is 18.9. The molecule has 12 nitrogen and oxygen atoms in total. The van der Waals surface area contributed by atoms with E-state index in [9.17, 15) is 19.2 Å². The predicted molar refractivity (Wildman–Crippen MR) is 171 cm³/mol. The summed E-state index contributed by atoms with van der Waals surface area (Å²) in [5.74, 6) is -0.421. The van der Waals surface area contributed by atoms with Crippen LogP contribution in [0.3, 0.4) is 0 Å². The third-order valence-corrected chi connectivity index (χ3v) is 10.2. The monoisotopic (exact) mass is 652 g/mol. The van der Waals surface area contributed by atoms with Crippen LogP contribution >= 0.6 is 0 Å². The molecule has 4 amide bonds. The molecule has 2 aromatic rings. The fraction of sp³-hybridized carbons (Fsp3) is 0.545. The molecule has 3 aliphatic heterocycles. The molecule has 0 bridgehead atoms. The van der Waals surface area contributed by atoms with Crippen LogP contribution in [-0.2, 0) is 37.0 Å². The molecule has 46 heavy (non-hydrogen) atoms. The molecule has 2 atom stereocenters. The van der Waals surface area contributed by atoms with Gasteiger partial charge in [-0.05, 0) is 42.6 Å². The number of carbonyl (C=O) groups excluding carboxylic acids is 4. The summed E-state index contributed by atoms with van der Waals surface area (Å²) in [5.41, 5.74) is 2.73. The first-order valence-corrected chi connectivity index (χ1v) is 19.7. The summed E-state index contributed by atoms with van der Waals surface area (Å²) < 4.78 is 22.3. The van der Waals surface area contributed by atoms with Crippen LogP contribution < -0.4 is 10.1 Å². The number of nitrogens with one attached hydrogen (secondary N) is 1. The van der Waals surface area contributed by atoms with Crippen molar-refractivity contribution in [2.75, 3.05) is 26.6 Å². The van der Waals surface area contributed by atoms with Crippen molar-refractivity contribution in [1.82, 2.24) is 20.1 Å². The van der Waals surface area contributed by atoms with Crippen molar-refractivity contribution in [3.8, 4) is 5.88 Å². The molecule has 0 spiro atoms. The van der Waals surface area contributed by atoms with E-state index in [1.165, 1.54) is 0 Å². The van der Waals surface area contributed by atoms with Gasteiger partial charge in [0.1, 0.15) is 25.5 Å². The lowest BCUT2D eigenvalue weighted by atomic mass is 10.0. The van der Waals surface area contributed by atoms with Crippen LogP contribution in [0.1, 0.15) is 65.7 Å². The van der Waals surface area contributed by atoms with Crippen molar-refractivity contribution in [3.63, 3.8) is 0 Å². The summed E-state index contributed by atoms with van der Waals surface area (Å²) in [6.07, 6.45) is 3.22. The second-order valence-electron chi connectivity index (χ2n) is 13.3. The molecule has 1 aromatic heterocycles. The molecule has 2 unspecified atom stereocenters. The summed E-state index contributed by atoms with van der Waals surface area (Å²) in [6, 6.07) is 8.78. The first-order chi connectivity index (χ1) is 22.0. The minimum absolute atomic E-state index is 0.0407. The zero-order valence-electron chi connectivity index (χ0n) is 27.1. The Balaban J connectivity index is 1.12. The van der Waals surface area contributed by atoms with Crippen molar-refractivity contribution in [3.05, 3.63) is 58.8 Å². The summed E-state index contributed by atoms with van der Waals surface area (Å²) in [6.45, 7) is 10.6. The van der Waals surface area contributed by atoms with E-state index in [0.717, 1.165) is 40.5 Å². The average Bonchev–Trinajstić information content (AvgIpc) is 3.35. The number of piperidine rings is 1. The number of carbonyl (C=O) groups is 4. The Kier molecular flexibility index (Phi) is 10.7. The molecule has 1 N–H and O–H groups in total. The van der Waals surface area contributed by atoms with E-state index in [4.69, 9.17) is 18.9 Å². The van der Waals surface area contributed by atoms with Gasteiger partial charge in [0.15, 0.2) is 0 Å². The van der Waals surface area contributed by atoms with E-state index < -0.39 is 32.2 Å². The first kappa shape index (κ1) is 33.5. The number of fused-ring (bicyclic) bond motifs is 1. The van der Waals surface area contributed by atoms with Gasteiger partial charge in [0.25, 0.3) is 11.8 Å². The fourth-order valence-electron chi connectivity index (χ4n) is 5.62. The van der Waals surface area contributed by atoms with Crippen molar-refractivity contribution < 1.29 is 38.1 Å². The third-order valence-electron chi connectivity index (χ3n) is 8.50. The van der Waals surface area contributed by atoms with Crippen molar-refractivity contribution in [1.29, 1.82) is 0 Å². The van der Waals surface area contributed by atoms with Gasteiger partial charge in [0.05, 0.1) is 19.3 Å². The van der Waals surface area contributed by atoms with E-state index >= 15 is 0 Å². The number of nitrogens with zero attached hydrogens (tertiary/aromatic N) is 3. The maximum Gasteiger partial charge on any atom is 0.407 e. The number of ether oxygens (including phenoxy) is 4. The van der Waals surface area contributed by atoms with Crippen LogP contribution in [0.15, 0.2) is 36.5 Å². The smallest absolute Gasteiger partial charge is 0.407 e. The van der Waals surface area contributed by atoms with Gasteiger partial charge in [-0.15, -0.1) is 0 Å². The maximum absolute atomic E-state index is 13.5. The first-order valence-electron chi connectivity index (χ1n) is 16.0. The molecule has 0 aliphatic carbocycles. The van der Waals surface area contributed by atoms with E-state index in [2.05, 4.69) is 29.9 Å². The van der Waals surface area contributed by atoms with Crippen molar-refractivity contribution in [2.24, 2.45) is 0 Å². The van der Waals surface area contributed by atoms with Crippen LogP contribution in [-0.4, -0.2) is 85.4 Å². The highest BCUT2D eigenvalue weighted by molar-refractivity contribution is 6.76. The minimum Gasteiger partial charge on any atom is -0.474 e. The number of hydrogen-bond donors (Lipinski definition) is 1. The summed E-state index contributed by atoms with van der Waals surface area (Å²) >= 11 is 0. The summed E-state index contributed by atoms with van der Waals surface area (Å²) in [5, 5.41) is 2.81. The molecule has 5 rings (SSSR count). The SMILES string of the molecule is CC(NC(=O)OCc1ccc(OC2CCOCC2)nc1)c1ccc2c(c1)C(=O)N(C1CCC(=O)N(COCC[Si](C)(C)C)C1=O)C2. The van der Waals surface area contributed by atoms with E-state index in [1.54, 1.807) is 30.2 Å². The standard InChI is InChI=1S/C33H44N4O8Si/c1-22(35-33(41)44-20-23-5-9-29(34-18-23)45-26-11-13-42-14-12-26)24-6-7-25-19-36(31(39)27(25)17-24)28-8-10-30(38)37(32(28)40)21-43-15-16-46(2,3)4/h5-7,9,17-18,22,26,28H,8,10-16,19-21H2,1-4H3,(H,35,41).